The molecule has 0 aromatic heterocycles. The van der Waals surface area contributed by atoms with Gasteiger partial charge in [-0.1, -0.05) is 17.7 Å². The second-order valence-corrected chi connectivity index (χ2v) is 6.08. The zero-order chi connectivity index (χ0) is 17.1. The summed E-state index contributed by atoms with van der Waals surface area (Å²) < 4.78 is 18.4. The van der Waals surface area contributed by atoms with Crippen molar-refractivity contribution in [2.45, 2.75) is 38.5 Å². The van der Waals surface area contributed by atoms with Crippen LogP contribution in [0.15, 0.2) is 18.2 Å². The molecular weight excluding hydrogens is 323 g/mol. The van der Waals surface area contributed by atoms with E-state index in [1.54, 1.807) is 14.0 Å². The average Bonchev–Trinajstić information content (AvgIpc) is 2.91. The number of methoxy groups -OCH3 is 1. The minimum Gasteiger partial charge on any atom is -0.380 e. The fourth-order valence-electron chi connectivity index (χ4n) is 2.80. The van der Waals surface area contributed by atoms with Gasteiger partial charge >= 0.3 is 0 Å². The van der Waals surface area contributed by atoms with Crippen molar-refractivity contribution in [3.8, 4) is 0 Å². The summed E-state index contributed by atoms with van der Waals surface area (Å²) in [6.45, 7) is 3.59. The van der Waals surface area contributed by atoms with Gasteiger partial charge in [0.2, 0.25) is 11.8 Å². The van der Waals surface area contributed by atoms with Crippen LogP contribution in [0.1, 0.15) is 31.9 Å². The smallest absolute Gasteiger partial charge is 0.243 e. The molecule has 1 aliphatic rings. The molecule has 7 heteroatoms. The maximum atomic E-state index is 13.1. The maximum Gasteiger partial charge on any atom is 0.243 e. The summed E-state index contributed by atoms with van der Waals surface area (Å²) in [5, 5.41) is 3.08. The second kappa shape index (κ2) is 7.27. The van der Waals surface area contributed by atoms with E-state index in [-0.39, 0.29) is 22.9 Å². The lowest BCUT2D eigenvalue weighted by Crippen LogP contribution is -2.45. The number of carbonyl (C=O) groups is 2. The van der Waals surface area contributed by atoms with Gasteiger partial charge in [0.15, 0.2) is 0 Å². The third kappa shape index (κ3) is 4.00. The normalized spacial score (nSPS) is 22.0. The highest BCUT2D eigenvalue weighted by molar-refractivity contribution is 6.31. The molecule has 1 aliphatic heterocycles. The van der Waals surface area contributed by atoms with Crippen molar-refractivity contribution in [3.05, 3.63) is 34.6 Å². The van der Waals surface area contributed by atoms with E-state index in [2.05, 4.69) is 5.32 Å². The molecule has 1 aromatic carbocycles. The summed E-state index contributed by atoms with van der Waals surface area (Å²) in [7, 11) is 1.56. The molecule has 0 aliphatic carbocycles. The van der Waals surface area contributed by atoms with Crippen LogP contribution < -0.4 is 5.32 Å². The molecule has 2 rings (SSSR count). The molecule has 0 spiro atoms. The Morgan fingerprint density at radius 2 is 2.17 bits per heavy atom. The van der Waals surface area contributed by atoms with E-state index in [1.165, 1.54) is 30.0 Å². The third-order valence-corrected chi connectivity index (χ3v) is 4.42. The molecule has 0 unspecified atom stereocenters. The van der Waals surface area contributed by atoms with E-state index < -0.39 is 17.9 Å². The van der Waals surface area contributed by atoms with Crippen LogP contribution in [-0.2, 0) is 14.3 Å². The van der Waals surface area contributed by atoms with Crippen molar-refractivity contribution in [2.24, 2.45) is 0 Å². The molecule has 0 radical (unpaired) electrons. The summed E-state index contributed by atoms with van der Waals surface area (Å²) in [4.78, 5) is 25.7. The van der Waals surface area contributed by atoms with Gasteiger partial charge in [-0.25, -0.2) is 4.39 Å². The van der Waals surface area contributed by atoms with E-state index in [9.17, 15) is 14.0 Å². The van der Waals surface area contributed by atoms with E-state index in [1.807, 2.05) is 0 Å². The van der Waals surface area contributed by atoms with Gasteiger partial charge < -0.3 is 15.0 Å². The molecule has 126 valence electrons. The van der Waals surface area contributed by atoms with Crippen molar-refractivity contribution in [3.63, 3.8) is 0 Å². The van der Waals surface area contributed by atoms with Crippen LogP contribution in [0, 0.1) is 5.82 Å². The molecule has 23 heavy (non-hydrogen) atoms. The number of hydrogen-bond acceptors (Lipinski definition) is 3. The van der Waals surface area contributed by atoms with Crippen LogP contribution in [0.5, 0.6) is 0 Å². The summed E-state index contributed by atoms with van der Waals surface area (Å²) in [6.07, 6.45) is 0.297. The van der Waals surface area contributed by atoms with Crippen LogP contribution in [0.25, 0.3) is 0 Å². The number of hydrogen-bond donors (Lipinski definition) is 1. The van der Waals surface area contributed by atoms with Gasteiger partial charge in [0.25, 0.3) is 0 Å². The standard InChI is InChI=1S/C16H20ClFN2O3/c1-9(13-5-4-11(18)6-14(13)17)19-16(22)15-7-12(23-3)8-20(15)10(2)21/h4-6,9,12,15H,7-8H2,1-3H3,(H,19,22)/t9-,12-,15+/m0/s1. The molecule has 5 nitrogen and oxygen atoms in total. The highest BCUT2D eigenvalue weighted by Crippen LogP contribution is 2.25. The van der Waals surface area contributed by atoms with E-state index in [4.69, 9.17) is 16.3 Å². The number of carbonyl (C=O) groups excluding carboxylic acids is 2. The van der Waals surface area contributed by atoms with Crippen LogP contribution in [0.4, 0.5) is 4.39 Å². The molecule has 0 bridgehead atoms. The Balaban J connectivity index is 2.09. The second-order valence-electron chi connectivity index (χ2n) is 5.68. The largest absolute Gasteiger partial charge is 0.380 e. The van der Waals surface area contributed by atoms with Gasteiger partial charge in [-0.2, -0.15) is 0 Å². The molecule has 1 aromatic rings. The summed E-state index contributed by atoms with van der Waals surface area (Å²) in [5.74, 6) is -0.872. The highest BCUT2D eigenvalue weighted by Gasteiger charge is 2.38. The van der Waals surface area contributed by atoms with Crippen LogP contribution in [0.2, 0.25) is 5.02 Å². The Hall–Kier alpha value is -1.66. The molecule has 2 amide bonds. The van der Waals surface area contributed by atoms with Gasteiger partial charge in [0.1, 0.15) is 11.9 Å². The van der Waals surface area contributed by atoms with E-state index in [0.717, 1.165) is 0 Å². The lowest BCUT2D eigenvalue weighted by Gasteiger charge is -2.24. The summed E-state index contributed by atoms with van der Waals surface area (Å²) in [5.41, 5.74) is 0.622. The first kappa shape index (κ1) is 17.7. The Kier molecular flexibility index (Phi) is 5.59. The van der Waals surface area contributed by atoms with Gasteiger partial charge in [-0.3, -0.25) is 9.59 Å². The van der Waals surface area contributed by atoms with Gasteiger partial charge in [0, 0.05) is 32.0 Å². The fraction of sp³-hybridized carbons (Fsp3) is 0.500. The number of ether oxygens (including phenoxy) is 1. The number of halogens is 2. The lowest BCUT2D eigenvalue weighted by atomic mass is 10.1. The predicted molar refractivity (Wildman–Crippen MR) is 84.6 cm³/mol. The quantitative estimate of drug-likeness (QED) is 0.913. The minimum absolute atomic E-state index is 0.153. The SMILES string of the molecule is CO[C@H]1C[C@H](C(=O)N[C@@H](C)c2ccc(F)cc2Cl)N(C(C)=O)C1. The van der Waals surface area contributed by atoms with Gasteiger partial charge in [-0.05, 0) is 24.6 Å². The topological polar surface area (TPSA) is 58.6 Å². The molecule has 1 fully saturated rings. The summed E-state index contributed by atoms with van der Waals surface area (Å²) >= 11 is 6.02. The van der Waals surface area contributed by atoms with Gasteiger partial charge in [0.05, 0.1) is 12.1 Å². The molecule has 3 atom stereocenters. The van der Waals surface area contributed by atoms with Crippen molar-refractivity contribution >= 4 is 23.4 Å². The number of nitrogens with one attached hydrogen (secondary N) is 1. The fourth-order valence-corrected chi connectivity index (χ4v) is 3.14. The van der Waals surface area contributed by atoms with E-state index >= 15 is 0 Å². The van der Waals surface area contributed by atoms with E-state index in [0.29, 0.717) is 18.5 Å². The van der Waals surface area contributed by atoms with Gasteiger partial charge in [-0.15, -0.1) is 0 Å². The number of rotatable bonds is 4. The lowest BCUT2D eigenvalue weighted by molar-refractivity contribution is -0.137. The van der Waals surface area contributed by atoms with Crippen LogP contribution in [-0.4, -0.2) is 42.5 Å². The Morgan fingerprint density at radius 1 is 1.48 bits per heavy atom. The molecule has 0 saturated carbocycles. The zero-order valence-electron chi connectivity index (χ0n) is 13.3. The maximum absolute atomic E-state index is 13.1. The Labute approximate surface area is 139 Å². The van der Waals surface area contributed by atoms with Crippen LogP contribution in [0.3, 0.4) is 0 Å². The highest BCUT2D eigenvalue weighted by atomic mass is 35.5. The first-order valence-corrected chi connectivity index (χ1v) is 7.76. The van der Waals surface area contributed by atoms with Crippen LogP contribution >= 0.6 is 11.6 Å². The third-order valence-electron chi connectivity index (χ3n) is 4.09. The Morgan fingerprint density at radius 3 is 2.74 bits per heavy atom. The first-order chi connectivity index (χ1) is 10.8. The number of likely N-dealkylation sites (tertiary alicyclic amines) is 1. The molecular formula is C16H20ClFN2O3. The van der Waals surface area contributed by atoms with Crippen molar-refractivity contribution in [1.82, 2.24) is 10.2 Å². The average molecular weight is 343 g/mol. The number of amides is 2. The number of benzene rings is 1. The Bertz CT molecular complexity index is 611. The molecule has 1 heterocycles. The molecule has 1 N–H and O–H groups in total. The van der Waals surface area contributed by atoms with Crippen molar-refractivity contribution in [2.75, 3.05) is 13.7 Å². The van der Waals surface area contributed by atoms with Crippen molar-refractivity contribution < 1.29 is 18.7 Å². The number of nitrogens with zero attached hydrogens (tertiary/aromatic N) is 1. The summed E-state index contributed by atoms with van der Waals surface area (Å²) in [6, 6.07) is 3.07. The van der Waals surface area contributed by atoms with Crippen molar-refractivity contribution in [1.29, 1.82) is 0 Å². The predicted octanol–water partition coefficient (Wildman–Crippen LogP) is 2.29. The molecule has 1 saturated heterocycles. The zero-order valence-corrected chi connectivity index (χ0v) is 14.1. The first-order valence-electron chi connectivity index (χ1n) is 7.38. The monoisotopic (exact) mass is 342 g/mol. The minimum atomic E-state index is -0.570.